The highest BCUT2D eigenvalue weighted by Gasteiger charge is 2.53. The molecule has 1 amide bonds. The van der Waals surface area contributed by atoms with E-state index in [1.807, 2.05) is 0 Å². The van der Waals surface area contributed by atoms with Crippen LogP contribution in [0.15, 0.2) is 42.7 Å². The number of carbonyl (C=O) groups excluding carboxylic acids is 2. The van der Waals surface area contributed by atoms with Crippen LogP contribution in [0.1, 0.15) is 48.1 Å². The molecule has 2 fully saturated rings. The first kappa shape index (κ1) is 21.3. The molecular weight excluding hydrogens is 432 g/mol. The summed E-state index contributed by atoms with van der Waals surface area (Å²) in [6, 6.07) is 7.41. The van der Waals surface area contributed by atoms with Gasteiger partial charge in [0.15, 0.2) is 5.65 Å². The summed E-state index contributed by atoms with van der Waals surface area (Å²) in [7, 11) is 0. The molecule has 2 atom stereocenters. The molecule has 0 bridgehead atoms. The quantitative estimate of drug-likeness (QED) is 0.575. The molecule has 3 heterocycles. The number of aromatic nitrogens is 3. The minimum atomic E-state index is -1.09. The standard InChI is InChI=1S/C23H23F2N5O3/c1-2-33-22(32)23(7-8-23)28-21(31)17-12-26-30-9-6-19(27-20(17)30)29-13-16(25)11-18(29)14-4-3-5-15(24)10-14/h3-6,9-10,12,16,18H,2,7-8,11,13H2,1H3,(H,28,31)/t16-,18?/m0/s1. The van der Waals surface area contributed by atoms with E-state index < -0.39 is 23.6 Å². The Morgan fingerprint density at radius 2 is 2.12 bits per heavy atom. The molecular formula is C23H23F2N5O3. The van der Waals surface area contributed by atoms with Gasteiger partial charge in [0.25, 0.3) is 5.91 Å². The average Bonchev–Trinajstić information content (AvgIpc) is 3.28. The molecule has 1 N–H and O–H groups in total. The summed E-state index contributed by atoms with van der Waals surface area (Å²) in [6.45, 7) is 2.05. The highest BCUT2D eigenvalue weighted by atomic mass is 19.1. The predicted octanol–water partition coefficient (Wildman–Crippen LogP) is 2.98. The van der Waals surface area contributed by atoms with E-state index in [4.69, 9.17) is 4.74 Å². The maximum atomic E-state index is 14.4. The molecule has 0 spiro atoms. The number of esters is 1. The van der Waals surface area contributed by atoms with Gasteiger partial charge in [0, 0.05) is 12.6 Å². The third kappa shape index (κ3) is 3.90. The smallest absolute Gasteiger partial charge is 0.331 e. The summed E-state index contributed by atoms with van der Waals surface area (Å²) in [5, 5.41) is 6.94. The SMILES string of the molecule is CCOC(=O)C1(NC(=O)c2cnn3ccc(N4C[C@@H](F)CC4c4cccc(F)c4)nc23)CC1. The fraction of sp³-hybridized carbons (Fsp3) is 0.391. The van der Waals surface area contributed by atoms with Gasteiger partial charge in [0.2, 0.25) is 0 Å². The fourth-order valence-electron chi connectivity index (χ4n) is 4.31. The van der Waals surface area contributed by atoms with Gasteiger partial charge in [0.1, 0.15) is 28.9 Å². The van der Waals surface area contributed by atoms with Crippen LogP contribution in [0.4, 0.5) is 14.6 Å². The van der Waals surface area contributed by atoms with E-state index >= 15 is 0 Å². The van der Waals surface area contributed by atoms with E-state index in [1.54, 1.807) is 36.2 Å². The molecule has 2 aromatic heterocycles. The molecule has 1 aromatic carbocycles. The lowest BCUT2D eigenvalue weighted by Crippen LogP contribution is -2.44. The van der Waals surface area contributed by atoms with Crippen molar-refractivity contribution in [1.82, 2.24) is 19.9 Å². The lowest BCUT2D eigenvalue weighted by molar-refractivity contribution is -0.146. The van der Waals surface area contributed by atoms with Crippen LogP contribution in [0.5, 0.6) is 0 Å². The van der Waals surface area contributed by atoms with Gasteiger partial charge in [-0.05, 0) is 43.5 Å². The van der Waals surface area contributed by atoms with Crippen LogP contribution < -0.4 is 10.2 Å². The second-order valence-electron chi connectivity index (χ2n) is 8.43. The molecule has 2 aliphatic rings. The fourth-order valence-corrected chi connectivity index (χ4v) is 4.31. The third-order valence-corrected chi connectivity index (χ3v) is 6.15. The van der Waals surface area contributed by atoms with Crippen LogP contribution in [0, 0.1) is 5.82 Å². The van der Waals surface area contributed by atoms with E-state index in [2.05, 4.69) is 15.4 Å². The van der Waals surface area contributed by atoms with Crippen molar-refractivity contribution in [3.8, 4) is 0 Å². The van der Waals surface area contributed by atoms with E-state index in [1.165, 1.54) is 22.8 Å². The zero-order chi connectivity index (χ0) is 23.2. The number of amides is 1. The van der Waals surface area contributed by atoms with E-state index in [-0.39, 0.29) is 42.6 Å². The van der Waals surface area contributed by atoms with Gasteiger partial charge < -0.3 is 15.0 Å². The first-order valence-corrected chi connectivity index (χ1v) is 10.9. The van der Waals surface area contributed by atoms with Crippen molar-refractivity contribution in [2.24, 2.45) is 0 Å². The summed E-state index contributed by atoms with van der Waals surface area (Å²) >= 11 is 0. The number of carbonyl (C=O) groups is 2. The lowest BCUT2D eigenvalue weighted by atomic mass is 10.0. The van der Waals surface area contributed by atoms with Crippen molar-refractivity contribution in [2.75, 3.05) is 18.1 Å². The molecule has 1 saturated carbocycles. The second-order valence-corrected chi connectivity index (χ2v) is 8.43. The van der Waals surface area contributed by atoms with E-state index in [0.717, 1.165) is 0 Å². The van der Waals surface area contributed by atoms with Crippen LogP contribution in [0.3, 0.4) is 0 Å². The van der Waals surface area contributed by atoms with Gasteiger partial charge >= 0.3 is 5.97 Å². The van der Waals surface area contributed by atoms with Crippen molar-refractivity contribution in [3.05, 3.63) is 59.7 Å². The number of hydrogen-bond acceptors (Lipinski definition) is 6. The van der Waals surface area contributed by atoms with Gasteiger partial charge in [-0.3, -0.25) is 4.79 Å². The number of rotatable bonds is 6. The van der Waals surface area contributed by atoms with Crippen LogP contribution in [0.2, 0.25) is 0 Å². The molecule has 10 heteroatoms. The molecule has 8 nitrogen and oxygen atoms in total. The second kappa shape index (κ2) is 8.09. The Labute approximate surface area is 188 Å². The molecule has 0 radical (unpaired) electrons. The van der Waals surface area contributed by atoms with Gasteiger partial charge in [0.05, 0.1) is 25.4 Å². The lowest BCUT2D eigenvalue weighted by Gasteiger charge is -2.25. The van der Waals surface area contributed by atoms with Crippen molar-refractivity contribution >= 4 is 23.3 Å². The number of hydrogen-bond donors (Lipinski definition) is 1. The van der Waals surface area contributed by atoms with E-state index in [9.17, 15) is 18.4 Å². The number of anilines is 1. The molecule has 3 aromatic rings. The van der Waals surface area contributed by atoms with Crippen LogP contribution >= 0.6 is 0 Å². The zero-order valence-electron chi connectivity index (χ0n) is 18.0. The number of halogens is 2. The van der Waals surface area contributed by atoms with Crippen LogP contribution in [-0.2, 0) is 9.53 Å². The molecule has 33 heavy (non-hydrogen) atoms. The highest BCUT2D eigenvalue weighted by molar-refractivity contribution is 6.03. The predicted molar refractivity (Wildman–Crippen MR) is 115 cm³/mol. The summed E-state index contributed by atoms with van der Waals surface area (Å²) in [6.07, 6.45) is 3.16. The number of benzene rings is 1. The van der Waals surface area contributed by atoms with Gasteiger partial charge in [-0.25, -0.2) is 23.1 Å². The average molecular weight is 455 g/mol. The minimum absolute atomic E-state index is 0.103. The molecule has 1 aliphatic heterocycles. The van der Waals surface area contributed by atoms with Crippen LogP contribution in [0.25, 0.3) is 5.65 Å². The zero-order valence-corrected chi connectivity index (χ0v) is 18.0. The third-order valence-electron chi connectivity index (χ3n) is 6.15. The topological polar surface area (TPSA) is 88.8 Å². The van der Waals surface area contributed by atoms with Crippen molar-refractivity contribution in [2.45, 2.75) is 43.9 Å². The summed E-state index contributed by atoms with van der Waals surface area (Å²) in [5.41, 5.74) is 0.141. The van der Waals surface area contributed by atoms with Gasteiger partial charge in [-0.2, -0.15) is 5.10 Å². The maximum Gasteiger partial charge on any atom is 0.331 e. The van der Waals surface area contributed by atoms with Crippen molar-refractivity contribution in [3.63, 3.8) is 0 Å². The van der Waals surface area contributed by atoms with Crippen LogP contribution in [-0.4, -0.2) is 51.3 Å². The highest BCUT2D eigenvalue weighted by Crippen LogP contribution is 2.38. The Kier molecular flexibility index (Phi) is 5.22. The van der Waals surface area contributed by atoms with Crippen molar-refractivity contribution in [1.29, 1.82) is 0 Å². The maximum absolute atomic E-state index is 14.4. The number of fused-ring (bicyclic) bond motifs is 1. The molecule has 1 aliphatic carbocycles. The molecule has 1 saturated heterocycles. The monoisotopic (exact) mass is 455 g/mol. The molecule has 172 valence electrons. The van der Waals surface area contributed by atoms with Gasteiger partial charge in [-0.15, -0.1) is 0 Å². The number of nitrogens with zero attached hydrogens (tertiary/aromatic N) is 4. The summed E-state index contributed by atoms with van der Waals surface area (Å²) in [4.78, 5) is 31.5. The Hall–Kier alpha value is -3.56. The molecule has 5 rings (SSSR count). The van der Waals surface area contributed by atoms with Gasteiger partial charge in [-0.1, -0.05) is 12.1 Å². The normalized spacial score (nSPS) is 21.2. The Bertz CT molecular complexity index is 1230. The first-order chi connectivity index (χ1) is 15.9. The Morgan fingerprint density at radius 1 is 1.30 bits per heavy atom. The molecule has 1 unspecified atom stereocenters. The largest absolute Gasteiger partial charge is 0.464 e. The number of ether oxygens (including phenoxy) is 1. The number of nitrogens with one attached hydrogen (secondary N) is 1. The summed E-state index contributed by atoms with van der Waals surface area (Å²) in [5.74, 6) is -0.861. The summed E-state index contributed by atoms with van der Waals surface area (Å²) < 4.78 is 34.7. The van der Waals surface area contributed by atoms with Crippen molar-refractivity contribution < 1.29 is 23.1 Å². The van der Waals surface area contributed by atoms with E-state index in [0.29, 0.717) is 24.2 Å². The number of alkyl halides is 1. The minimum Gasteiger partial charge on any atom is -0.464 e. The first-order valence-electron chi connectivity index (χ1n) is 10.9. The Balaban J connectivity index is 1.44. The Morgan fingerprint density at radius 3 is 2.85 bits per heavy atom.